The van der Waals surface area contributed by atoms with Crippen LogP contribution < -0.4 is 0 Å². The molecule has 6 nitrogen and oxygen atoms in total. The highest BCUT2D eigenvalue weighted by molar-refractivity contribution is 5.93. The van der Waals surface area contributed by atoms with Gasteiger partial charge in [0.05, 0.1) is 6.10 Å². The average molecular weight is 419 g/mol. The summed E-state index contributed by atoms with van der Waals surface area (Å²) < 4.78 is 4.90. The predicted molar refractivity (Wildman–Crippen MR) is 109 cm³/mol. The van der Waals surface area contributed by atoms with Crippen molar-refractivity contribution in [3.63, 3.8) is 0 Å². The number of esters is 1. The van der Waals surface area contributed by atoms with Gasteiger partial charge in [0.2, 0.25) is 5.78 Å². The molecule has 166 valence electrons. The molecule has 30 heavy (non-hydrogen) atoms. The Morgan fingerprint density at radius 3 is 2.60 bits per heavy atom. The summed E-state index contributed by atoms with van der Waals surface area (Å²) >= 11 is 0. The van der Waals surface area contributed by atoms with Gasteiger partial charge < -0.3 is 14.9 Å². The molecular weight excluding hydrogens is 384 g/mol. The lowest BCUT2D eigenvalue weighted by atomic mass is 9.45. The van der Waals surface area contributed by atoms with Crippen LogP contribution in [0.4, 0.5) is 0 Å². The summed E-state index contributed by atoms with van der Waals surface area (Å²) in [5.41, 5.74) is -1.40. The second-order valence-corrected chi connectivity index (χ2v) is 10.7. The first-order valence-corrected chi connectivity index (χ1v) is 11.3. The zero-order valence-electron chi connectivity index (χ0n) is 18.4. The minimum Gasteiger partial charge on any atom is -0.458 e. The molecule has 0 amide bonds. The summed E-state index contributed by atoms with van der Waals surface area (Å²) in [4.78, 5) is 36.4. The SMILES string of the molecule is CC(=O)OCC(=O)[C@@]1(O)CC[C@H]2[C@@H]3CCC4=CC(=O)[C@H](C)C[C@]4(C)[C@H]3[C@@H](O)C[C@@]21C. The highest BCUT2D eigenvalue weighted by Crippen LogP contribution is 2.67. The van der Waals surface area contributed by atoms with E-state index in [-0.39, 0.29) is 34.9 Å². The summed E-state index contributed by atoms with van der Waals surface area (Å²) in [5.74, 6) is -0.549. The summed E-state index contributed by atoms with van der Waals surface area (Å²) in [6, 6.07) is 0. The maximum absolute atomic E-state index is 12.9. The van der Waals surface area contributed by atoms with Gasteiger partial charge in [-0.2, -0.15) is 0 Å². The van der Waals surface area contributed by atoms with E-state index in [1.165, 1.54) is 6.92 Å². The van der Waals surface area contributed by atoms with E-state index in [0.717, 1.165) is 31.3 Å². The van der Waals surface area contributed by atoms with Crippen molar-refractivity contribution in [1.29, 1.82) is 0 Å². The lowest BCUT2D eigenvalue weighted by Gasteiger charge is -2.60. The first kappa shape index (κ1) is 21.7. The molecule has 6 heteroatoms. The van der Waals surface area contributed by atoms with Crippen molar-refractivity contribution in [2.45, 2.75) is 77.9 Å². The highest BCUT2D eigenvalue weighted by Gasteiger charge is 2.68. The van der Waals surface area contributed by atoms with Crippen LogP contribution in [-0.2, 0) is 19.1 Å². The molecule has 0 aliphatic heterocycles. The molecule has 0 aromatic carbocycles. The van der Waals surface area contributed by atoms with E-state index in [1.807, 2.05) is 19.9 Å². The zero-order chi connectivity index (χ0) is 22.1. The van der Waals surface area contributed by atoms with Crippen LogP contribution in [-0.4, -0.2) is 46.1 Å². The van der Waals surface area contributed by atoms with Gasteiger partial charge in [0, 0.05) is 18.3 Å². The van der Waals surface area contributed by atoms with Crippen LogP contribution in [0.25, 0.3) is 0 Å². The summed E-state index contributed by atoms with van der Waals surface area (Å²) in [7, 11) is 0. The Labute approximate surface area is 178 Å². The third kappa shape index (κ3) is 2.86. The Bertz CT molecular complexity index is 817. The lowest BCUT2D eigenvalue weighted by Crippen LogP contribution is -2.62. The third-order valence-electron chi connectivity index (χ3n) is 9.22. The Kier molecular flexibility index (Phi) is 5.06. The minimum absolute atomic E-state index is 0.0250. The molecule has 0 aromatic rings. The molecular formula is C24H34O6. The molecule has 0 unspecified atom stereocenters. The zero-order valence-corrected chi connectivity index (χ0v) is 18.4. The topological polar surface area (TPSA) is 101 Å². The van der Waals surface area contributed by atoms with Crippen LogP contribution in [0, 0.1) is 34.5 Å². The lowest BCUT2D eigenvalue weighted by molar-refractivity contribution is -0.185. The largest absolute Gasteiger partial charge is 0.458 e. The van der Waals surface area contributed by atoms with Gasteiger partial charge in [-0.05, 0) is 67.8 Å². The third-order valence-corrected chi connectivity index (χ3v) is 9.22. The van der Waals surface area contributed by atoms with Crippen LogP contribution in [0.3, 0.4) is 0 Å². The second kappa shape index (κ2) is 6.99. The van der Waals surface area contributed by atoms with Crippen molar-refractivity contribution in [2.24, 2.45) is 34.5 Å². The van der Waals surface area contributed by atoms with Gasteiger partial charge in [-0.25, -0.2) is 0 Å². The number of hydrogen-bond acceptors (Lipinski definition) is 6. The molecule has 2 N–H and O–H groups in total. The predicted octanol–water partition coefficient (Wildman–Crippen LogP) is 2.60. The molecule has 3 fully saturated rings. The van der Waals surface area contributed by atoms with Gasteiger partial charge in [0.1, 0.15) is 5.60 Å². The number of allylic oxidation sites excluding steroid dienone is 1. The number of aliphatic hydroxyl groups is 2. The molecule has 4 aliphatic carbocycles. The monoisotopic (exact) mass is 418 g/mol. The first-order valence-electron chi connectivity index (χ1n) is 11.3. The van der Waals surface area contributed by atoms with Gasteiger partial charge in [0.25, 0.3) is 0 Å². The molecule has 0 bridgehead atoms. The van der Waals surface area contributed by atoms with Crippen LogP contribution in [0.5, 0.6) is 0 Å². The number of ketones is 2. The fourth-order valence-corrected chi connectivity index (χ4v) is 7.78. The molecule has 0 heterocycles. The van der Waals surface area contributed by atoms with E-state index >= 15 is 0 Å². The minimum atomic E-state index is -1.59. The average Bonchev–Trinajstić information content (AvgIpc) is 2.92. The smallest absolute Gasteiger partial charge is 0.303 e. The van der Waals surface area contributed by atoms with Crippen molar-refractivity contribution in [1.82, 2.24) is 0 Å². The van der Waals surface area contributed by atoms with E-state index in [4.69, 9.17) is 4.74 Å². The van der Waals surface area contributed by atoms with Crippen LogP contribution in [0.2, 0.25) is 0 Å². The van der Waals surface area contributed by atoms with Gasteiger partial charge in [-0.1, -0.05) is 26.3 Å². The Morgan fingerprint density at radius 1 is 1.23 bits per heavy atom. The van der Waals surface area contributed by atoms with E-state index in [0.29, 0.717) is 12.8 Å². The van der Waals surface area contributed by atoms with Gasteiger partial charge in [-0.3, -0.25) is 14.4 Å². The molecule has 4 aliphatic rings. The van der Waals surface area contributed by atoms with E-state index in [2.05, 4.69) is 6.92 Å². The number of rotatable bonds is 3. The van der Waals surface area contributed by atoms with Gasteiger partial charge >= 0.3 is 5.97 Å². The highest BCUT2D eigenvalue weighted by atomic mass is 16.5. The first-order chi connectivity index (χ1) is 13.9. The number of fused-ring (bicyclic) bond motifs is 5. The summed E-state index contributed by atoms with van der Waals surface area (Å²) in [5, 5.41) is 22.9. The van der Waals surface area contributed by atoms with Crippen molar-refractivity contribution in [2.75, 3.05) is 6.61 Å². The maximum atomic E-state index is 12.9. The number of ether oxygens (including phenoxy) is 1. The fraction of sp³-hybridized carbons (Fsp3) is 0.792. The van der Waals surface area contributed by atoms with E-state index < -0.39 is 35.5 Å². The van der Waals surface area contributed by atoms with Gasteiger partial charge in [-0.15, -0.1) is 0 Å². The number of carbonyl (C=O) groups excluding carboxylic acids is 3. The summed E-state index contributed by atoms with van der Waals surface area (Å²) in [6.45, 7) is 6.90. The normalized spacial score (nSPS) is 47.6. The Morgan fingerprint density at radius 2 is 1.93 bits per heavy atom. The van der Waals surface area contributed by atoms with Crippen molar-refractivity contribution in [3.05, 3.63) is 11.6 Å². The molecule has 4 rings (SSSR count). The van der Waals surface area contributed by atoms with E-state index in [9.17, 15) is 24.6 Å². The number of aliphatic hydroxyl groups excluding tert-OH is 1. The van der Waals surface area contributed by atoms with Crippen LogP contribution in [0.1, 0.15) is 66.2 Å². The second-order valence-electron chi connectivity index (χ2n) is 10.7. The van der Waals surface area contributed by atoms with Crippen LogP contribution in [0.15, 0.2) is 11.6 Å². The van der Waals surface area contributed by atoms with Crippen LogP contribution >= 0.6 is 0 Å². The molecule has 3 saturated carbocycles. The quantitative estimate of drug-likeness (QED) is 0.683. The maximum Gasteiger partial charge on any atom is 0.303 e. The van der Waals surface area contributed by atoms with Gasteiger partial charge in [0.15, 0.2) is 12.4 Å². The molecule has 0 spiro atoms. The molecule has 8 atom stereocenters. The summed E-state index contributed by atoms with van der Waals surface area (Å²) in [6.07, 6.45) is 4.99. The molecule has 0 radical (unpaired) electrons. The molecule has 0 aromatic heterocycles. The molecule has 0 saturated heterocycles. The number of Topliss-reactive ketones (excluding diaryl/α,β-unsaturated/α-hetero) is 1. The number of carbonyl (C=O) groups is 3. The number of hydrogen-bond donors (Lipinski definition) is 2. The van der Waals surface area contributed by atoms with Crippen molar-refractivity contribution < 1.29 is 29.3 Å². The van der Waals surface area contributed by atoms with E-state index in [1.54, 1.807) is 0 Å². The standard InChI is InChI=1S/C24H34O6/c1-13-10-22(3)15(9-18(13)26)5-6-16-17-7-8-24(29,20(28)12-30-14(2)25)23(17,4)11-19(27)21(16)22/h9,13,16-17,19,21,27,29H,5-8,10-12H2,1-4H3/t13-,16+,17+,19+,21-,22+,23+,24+/m1/s1. The fourth-order valence-electron chi connectivity index (χ4n) is 7.78. The van der Waals surface area contributed by atoms with Crippen molar-refractivity contribution >= 4 is 17.5 Å². The Hall–Kier alpha value is -1.53. The Balaban J connectivity index is 1.66. The van der Waals surface area contributed by atoms with Crippen molar-refractivity contribution in [3.8, 4) is 0 Å².